The van der Waals surface area contributed by atoms with E-state index in [4.69, 9.17) is 5.11 Å². The van der Waals surface area contributed by atoms with E-state index in [9.17, 15) is 9.59 Å². The van der Waals surface area contributed by atoms with Crippen molar-refractivity contribution in [3.8, 4) is 0 Å². The van der Waals surface area contributed by atoms with Crippen LogP contribution in [0.2, 0.25) is 0 Å². The first-order chi connectivity index (χ1) is 9.61. The quantitative estimate of drug-likeness (QED) is 0.894. The summed E-state index contributed by atoms with van der Waals surface area (Å²) >= 11 is 0. The van der Waals surface area contributed by atoms with Gasteiger partial charge in [0.05, 0.1) is 23.7 Å². The average Bonchev–Trinajstić information content (AvgIpc) is 2.47. The van der Waals surface area contributed by atoms with Crippen LogP contribution in [-0.2, 0) is 4.79 Å². The highest BCUT2D eigenvalue weighted by Gasteiger charge is 2.17. The highest BCUT2D eigenvalue weighted by Crippen LogP contribution is 2.10. The number of nitrogens with zero attached hydrogens (tertiary/aromatic N) is 3. The maximum absolute atomic E-state index is 12.3. The van der Waals surface area contributed by atoms with E-state index in [1.165, 1.54) is 11.1 Å². The summed E-state index contributed by atoms with van der Waals surface area (Å²) in [6.07, 6.45) is 1.34. The lowest BCUT2D eigenvalue weighted by Crippen LogP contribution is -2.33. The zero-order valence-corrected chi connectivity index (χ0v) is 11.1. The van der Waals surface area contributed by atoms with Crippen molar-refractivity contribution in [1.29, 1.82) is 0 Å². The number of aromatic nitrogens is 2. The molecule has 6 nitrogen and oxygen atoms in total. The van der Waals surface area contributed by atoms with Gasteiger partial charge in [0.15, 0.2) is 0 Å². The van der Waals surface area contributed by atoms with Crippen LogP contribution < -0.4 is 0 Å². The number of hydrogen-bond donors (Lipinski definition) is 1. The van der Waals surface area contributed by atoms with E-state index < -0.39 is 5.97 Å². The summed E-state index contributed by atoms with van der Waals surface area (Å²) in [5.41, 5.74) is 1.60. The third kappa shape index (κ3) is 3.09. The SMILES string of the molecule is CCN(CCC(=O)O)C(=O)c1cnc2ccccc2n1. The van der Waals surface area contributed by atoms with E-state index in [0.717, 1.165) is 5.52 Å². The summed E-state index contributed by atoms with van der Waals surface area (Å²) in [6, 6.07) is 7.28. The number of carbonyl (C=O) groups excluding carboxylic acids is 1. The van der Waals surface area contributed by atoms with Gasteiger partial charge in [-0.25, -0.2) is 4.98 Å². The molecule has 2 aromatic rings. The molecular formula is C14H15N3O3. The van der Waals surface area contributed by atoms with Crippen LogP contribution in [0.3, 0.4) is 0 Å². The van der Waals surface area contributed by atoms with Gasteiger partial charge in [0, 0.05) is 13.1 Å². The maximum Gasteiger partial charge on any atom is 0.305 e. The van der Waals surface area contributed by atoms with E-state index in [2.05, 4.69) is 9.97 Å². The Kier molecular flexibility index (Phi) is 4.24. The first-order valence-electron chi connectivity index (χ1n) is 6.34. The van der Waals surface area contributed by atoms with Gasteiger partial charge < -0.3 is 10.0 Å². The van der Waals surface area contributed by atoms with Crippen molar-refractivity contribution in [2.45, 2.75) is 13.3 Å². The Morgan fingerprint density at radius 2 is 1.95 bits per heavy atom. The molecule has 2 rings (SSSR count). The second-order valence-electron chi connectivity index (χ2n) is 4.27. The summed E-state index contributed by atoms with van der Waals surface area (Å²) in [6.45, 7) is 2.40. The number of benzene rings is 1. The second kappa shape index (κ2) is 6.10. The van der Waals surface area contributed by atoms with E-state index >= 15 is 0 Å². The largest absolute Gasteiger partial charge is 0.481 e. The minimum Gasteiger partial charge on any atom is -0.481 e. The lowest BCUT2D eigenvalue weighted by Gasteiger charge is -2.19. The summed E-state index contributed by atoms with van der Waals surface area (Å²) in [4.78, 5) is 32.8. The summed E-state index contributed by atoms with van der Waals surface area (Å²) in [7, 11) is 0. The van der Waals surface area contributed by atoms with Crippen molar-refractivity contribution in [3.63, 3.8) is 0 Å². The van der Waals surface area contributed by atoms with Gasteiger partial charge in [0.2, 0.25) is 0 Å². The van der Waals surface area contributed by atoms with Crippen LogP contribution in [-0.4, -0.2) is 44.9 Å². The van der Waals surface area contributed by atoms with Crippen molar-refractivity contribution in [3.05, 3.63) is 36.2 Å². The van der Waals surface area contributed by atoms with Crippen molar-refractivity contribution in [1.82, 2.24) is 14.9 Å². The third-order valence-electron chi connectivity index (χ3n) is 2.93. The standard InChI is InChI=1S/C14H15N3O3/c1-2-17(8-7-13(18)19)14(20)12-9-15-10-5-3-4-6-11(10)16-12/h3-6,9H,2,7-8H2,1H3,(H,18,19). The fourth-order valence-electron chi connectivity index (χ4n) is 1.86. The Bertz CT molecular complexity index is 642. The molecule has 104 valence electrons. The van der Waals surface area contributed by atoms with Crippen LogP contribution in [0, 0.1) is 0 Å². The summed E-state index contributed by atoms with van der Waals surface area (Å²) in [5, 5.41) is 8.69. The molecule has 1 N–H and O–H groups in total. The number of hydrogen-bond acceptors (Lipinski definition) is 4. The summed E-state index contributed by atoms with van der Waals surface area (Å²) in [5.74, 6) is -1.23. The molecule has 0 aliphatic carbocycles. The molecule has 6 heteroatoms. The van der Waals surface area contributed by atoms with Crippen LogP contribution in [0.4, 0.5) is 0 Å². The molecule has 0 atom stereocenters. The van der Waals surface area contributed by atoms with Gasteiger partial charge in [-0.1, -0.05) is 12.1 Å². The minimum absolute atomic E-state index is 0.0827. The monoisotopic (exact) mass is 273 g/mol. The maximum atomic E-state index is 12.3. The molecule has 0 aliphatic heterocycles. The van der Waals surface area contributed by atoms with E-state index in [-0.39, 0.29) is 24.6 Å². The number of amides is 1. The normalized spacial score (nSPS) is 10.4. The number of carboxylic acids is 1. The van der Waals surface area contributed by atoms with Crippen molar-refractivity contribution in [2.24, 2.45) is 0 Å². The number of aliphatic carboxylic acids is 1. The van der Waals surface area contributed by atoms with Crippen LogP contribution in [0.25, 0.3) is 11.0 Å². The number of para-hydroxylation sites is 2. The molecule has 0 saturated heterocycles. The topological polar surface area (TPSA) is 83.4 Å². The van der Waals surface area contributed by atoms with Crippen molar-refractivity contribution < 1.29 is 14.7 Å². The molecular weight excluding hydrogens is 258 g/mol. The fourth-order valence-corrected chi connectivity index (χ4v) is 1.86. The van der Waals surface area contributed by atoms with Gasteiger partial charge in [-0.15, -0.1) is 0 Å². The molecule has 20 heavy (non-hydrogen) atoms. The highest BCUT2D eigenvalue weighted by atomic mass is 16.4. The van der Waals surface area contributed by atoms with Crippen LogP contribution in [0.5, 0.6) is 0 Å². The number of fused-ring (bicyclic) bond motifs is 1. The average molecular weight is 273 g/mol. The Hall–Kier alpha value is -2.50. The van der Waals surface area contributed by atoms with E-state index in [0.29, 0.717) is 12.1 Å². The molecule has 0 fully saturated rings. The Balaban J connectivity index is 2.22. The van der Waals surface area contributed by atoms with Gasteiger partial charge in [0.1, 0.15) is 5.69 Å². The van der Waals surface area contributed by atoms with Gasteiger partial charge in [-0.2, -0.15) is 0 Å². The fraction of sp³-hybridized carbons (Fsp3) is 0.286. The highest BCUT2D eigenvalue weighted by molar-refractivity contribution is 5.94. The second-order valence-corrected chi connectivity index (χ2v) is 4.27. The zero-order valence-electron chi connectivity index (χ0n) is 11.1. The van der Waals surface area contributed by atoms with Crippen LogP contribution in [0.15, 0.2) is 30.5 Å². The molecule has 0 aliphatic rings. The minimum atomic E-state index is -0.930. The first kappa shape index (κ1) is 13.9. The smallest absolute Gasteiger partial charge is 0.305 e. The first-order valence-corrected chi connectivity index (χ1v) is 6.34. The Morgan fingerprint density at radius 1 is 1.25 bits per heavy atom. The Morgan fingerprint density at radius 3 is 2.60 bits per heavy atom. The van der Waals surface area contributed by atoms with E-state index in [1.807, 2.05) is 18.2 Å². The Labute approximate surface area is 116 Å². The molecule has 1 aromatic heterocycles. The lowest BCUT2D eigenvalue weighted by atomic mass is 10.2. The predicted octanol–water partition coefficient (Wildman–Crippen LogP) is 1.57. The molecule has 0 bridgehead atoms. The zero-order chi connectivity index (χ0) is 14.5. The molecule has 1 amide bonds. The van der Waals surface area contributed by atoms with Gasteiger partial charge >= 0.3 is 5.97 Å². The number of carbonyl (C=O) groups is 2. The number of rotatable bonds is 5. The van der Waals surface area contributed by atoms with Crippen molar-refractivity contribution >= 4 is 22.9 Å². The molecule has 0 radical (unpaired) electrons. The molecule has 0 unspecified atom stereocenters. The van der Waals surface area contributed by atoms with E-state index in [1.54, 1.807) is 13.0 Å². The van der Waals surface area contributed by atoms with Gasteiger partial charge in [-0.3, -0.25) is 14.6 Å². The lowest BCUT2D eigenvalue weighted by molar-refractivity contribution is -0.137. The molecule has 1 aromatic carbocycles. The van der Waals surface area contributed by atoms with Crippen LogP contribution in [0.1, 0.15) is 23.8 Å². The van der Waals surface area contributed by atoms with Gasteiger partial charge in [-0.05, 0) is 19.1 Å². The van der Waals surface area contributed by atoms with Crippen molar-refractivity contribution in [2.75, 3.05) is 13.1 Å². The van der Waals surface area contributed by atoms with Crippen LogP contribution >= 0.6 is 0 Å². The third-order valence-corrected chi connectivity index (χ3v) is 2.93. The van der Waals surface area contributed by atoms with Gasteiger partial charge in [0.25, 0.3) is 5.91 Å². The molecule has 1 heterocycles. The molecule has 0 spiro atoms. The molecule has 0 saturated carbocycles. The summed E-state index contributed by atoms with van der Waals surface area (Å²) < 4.78 is 0. The predicted molar refractivity (Wildman–Crippen MR) is 73.4 cm³/mol. The number of carboxylic acid groups (broad SMARTS) is 1.